The van der Waals surface area contributed by atoms with Crippen molar-refractivity contribution in [3.8, 4) is 0 Å². The predicted octanol–water partition coefficient (Wildman–Crippen LogP) is -2.54. The molecular weight excluding hydrogens is 246 g/mol. The molecule has 1 aromatic heterocycles. The molecule has 0 unspecified atom stereocenters. The number of rotatable bonds is 8. The first kappa shape index (κ1) is 14.8. The molecule has 0 aromatic carbocycles. The summed E-state index contributed by atoms with van der Waals surface area (Å²) >= 11 is 0. The third-order valence-electron chi connectivity index (χ3n) is 2.37. The zero-order valence-corrected chi connectivity index (χ0v) is 10.7. The molecule has 10 N–H and O–H groups in total. The Bertz CT molecular complexity index is 381. The molecule has 9 heteroatoms. The zero-order valence-electron chi connectivity index (χ0n) is 10.7. The molecule has 0 spiro atoms. The van der Waals surface area contributed by atoms with Gasteiger partial charge in [-0.15, -0.1) is 0 Å². The number of hydrogen-bond acceptors (Lipinski definition) is 4. The lowest BCUT2D eigenvalue weighted by molar-refractivity contribution is 0.529. The molecule has 1 rings (SSSR count). The van der Waals surface area contributed by atoms with Crippen LogP contribution < -0.4 is 28.3 Å². The molecule has 0 amide bonds. The second-order valence-corrected chi connectivity index (χ2v) is 4.01. The van der Waals surface area contributed by atoms with E-state index >= 15 is 0 Å². The van der Waals surface area contributed by atoms with Crippen LogP contribution in [-0.2, 0) is 6.42 Å². The first-order chi connectivity index (χ1) is 9.08. The molecule has 0 aliphatic rings. The molecule has 0 fully saturated rings. The lowest BCUT2D eigenvalue weighted by atomic mass is 10.2. The minimum absolute atomic E-state index is 0.0212. The van der Waals surface area contributed by atoms with Gasteiger partial charge in [0.1, 0.15) is 0 Å². The number of H-pyrrole nitrogens is 1. The average Bonchev–Trinajstić information content (AvgIpc) is 2.84. The van der Waals surface area contributed by atoms with E-state index in [0.717, 1.165) is 18.7 Å². The van der Waals surface area contributed by atoms with Gasteiger partial charge in [0.05, 0.1) is 19.4 Å². The highest BCUT2D eigenvalue weighted by molar-refractivity contribution is 5.76. The van der Waals surface area contributed by atoms with Crippen molar-refractivity contribution in [1.82, 2.24) is 15.3 Å². The molecule has 1 heterocycles. The topological polar surface area (TPSA) is 170 Å². The molecule has 0 radical (unpaired) electrons. The highest BCUT2D eigenvalue weighted by Gasteiger charge is 2.07. The van der Waals surface area contributed by atoms with Crippen molar-refractivity contribution in [3.63, 3.8) is 0 Å². The summed E-state index contributed by atoms with van der Waals surface area (Å²) in [6, 6.07) is -0.0212. The lowest BCUT2D eigenvalue weighted by Gasteiger charge is -2.14. The van der Waals surface area contributed by atoms with Crippen LogP contribution in [0.1, 0.15) is 5.69 Å². The summed E-state index contributed by atoms with van der Waals surface area (Å²) < 4.78 is 0. The van der Waals surface area contributed by atoms with Crippen molar-refractivity contribution in [2.24, 2.45) is 32.9 Å². The molecule has 0 saturated heterocycles. The van der Waals surface area contributed by atoms with Crippen LogP contribution in [0.3, 0.4) is 0 Å². The molecule has 19 heavy (non-hydrogen) atoms. The van der Waals surface area contributed by atoms with E-state index in [4.69, 9.17) is 22.9 Å². The van der Waals surface area contributed by atoms with E-state index in [2.05, 4.69) is 25.3 Å². The highest BCUT2D eigenvalue weighted by Crippen LogP contribution is 1.93. The number of hydrogen-bond donors (Lipinski definition) is 6. The number of aromatic amines is 1. The number of nitrogens with one attached hydrogen (secondary N) is 2. The summed E-state index contributed by atoms with van der Waals surface area (Å²) in [5.74, 6) is 0.0927. The molecular formula is C10H21N9. The Morgan fingerprint density at radius 3 is 2.32 bits per heavy atom. The average molecular weight is 267 g/mol. The van der Waals surface area contributed by atoms with Crippen LogP contribution in [0.5, 0.6) is 0 Å². The van der Waals surface area contributed by atoms with E-state index in [1.807, 2.05) is 0 Å². The fourth-order valence-electron chi connectivity index (χ4n) is 1.45. The number of aliphatic imine (C=N–C) groups is 2. The van der Waals surface area contributed by atoms with E-state index in [0.29, 0.717) is 13.1 Å². The summed E-state index contributed by atoms with van der Waals surface area (Å²) in [5.41, 5.74) is 22.3. The van der Waals surface area contributed by atoms with E-state index < -0.39 is 0 Å². The molecule has 0 saturated carbocycles. The van der Waals surface area contributed by atoms with Crippen molar-refractivity contribution in [2.45, 2.75) is 12.5 Å². The van der Waals surface area contributed by atoms with Crippen molar-refractivity contribution >= 4 is 11.9 Å². The number of imidazole rings is 1. The molecule has 0 bridgehead atoms. The molecule has 9 nitrogen and oxygen atoms in total. The third kappa shape index (κ3) is 6.88. The maximum Gasteiger partial charge on any atom is 0.185 e. The molecule has 0 aliphatic heterocycles. The van der Waals surface area contributed by atoms with Crippen molar-refractivity contribution < 1.29 is 0 Å². The summed E-state index contributed by atoms with van der Waals surface area (Å²) in [6.45, 7) is 1.58. The van der Waals surface area contributed by atoms with E-state index in [1.54, 1.807) is 12.5 Å². The maximum atomic E-state index is 5.30. The minimum atomic E-state index is -0.0212. The first-order valence-electron chi connectivity index (χ1n) is 5.89. The quantitative estimate of drug-likeness (QED) is 0.224. The predicted molar refractivity (Wildman–Crippen MR) is 75.4 cm³/mol. The smallest absolute Gasteiger partial charge is 0.185 e. The van der Waals surface area contributed by atoms with Crippen LogP contribution in [0, 0.1) is 0 Å². The van der Waals surface area contributed by atoms with Gasteiger partial charge < -0.3 is 33.2 Å². The molecule has 0 aliphatic carbocycles. The monoisotopic (exact) mass is 267 g/mol. The Morgan fingerprint density at radius 1 is 1.21 bits per heavy atom. The fourth-order valence-corrected chi connectivity index (χ4v) is 1.45. The van der Waals surface area contributed by atoms with Gasteiger partial charge >= 0.3 is 0 Å². The van der Waals surface area contributed by atoms with Crippen LogP contribution in [0.2, 0.25) is 0 Å². The van der Waals surface area contributed by atoms with Crippen molar-refractivity contribution in [2.75, 3.05) is 19.6 Å². The number of aromatic nitrogens is 2. The summed E-state index contributed by atoms with van der Waals surface area (Å²) in [7, 11) is 0. The molecule has 106 valence electrons. The normalized spacial score (nSPS) is 10.4. The Balaban J connectivity index is 2.39. The van der Waals surface area contributed by atoms with Crippen molar-refractivity contribution in [3.05, 3.63) is 18.2 Å². The van der Waals surface area contributed by atoms with Crippen LogP contribution in [-0.4, -0.2) is 47.6 Å². The van der Waals surface area contributed by atoms with Crippen LogP contribution in [0.4, 0.5) is 0 Å². The van der Waals surface area contributed by atoms with Crippen LogP contribution in [0.15, 0.2) is 22.5 Å². The molecule has 1 aromatic rings. The van der Waals surface area contributed by atoms with Crippen LogP contribution in [0.25, 0.3) is 0 Å². The SMILES string of the molecule is NC(N)=NCC(CN=C(N)N)NCCc1cnc[nH]1. The molecule has 0 atom stereocenters. The second-order valence-electron chi connectivity index (χ2n) is 4.01. The van der Waals surface area contributed by atoms with E-state index in [9.17, 15) is 0 Å². The summed E-state index contributed by atoms with van der Waals surface area (Å²) in [5, 5.41) is 3.28. The second kappa shape index (κ2) is 7.93. The van der Waals surface area contributed by atoms with Gasteiger partial charge in [0.2, 0.25) is 0 Å². The van der Waals surface area contributed by atoms with Gasteiger partial charge in [-0.2, -0.15) is 0 Å². The van der Waals surface area contributed by atoms with Crippen LogP contribution >= 0.6 is 0 Å². The highest BCUT2D eigenvalue weighted by atomic mass is 15.1. The van der Waals surface area contributed by atoms with Gasteiger partial charge in [0.15, 0.2) is 11.9 Å². The van der Waals surface area contributed by atoms with E-state index in [1.165, 1.54) is 0 Å². The Kier molecular flexibility index (Phi) is 6.16. The van der Waals surface area contributed by atoms with Gasteiger partial charge in [-0.3, -0.25) is 9.98 Å². The summed E-state index contributed by atoms with van der Waals surface area (Å²) in [4.78, 5) is 14.9. The van der Waals surface area contributed by atoms with E-state index in [-0.39, 0.29) is 18.0 Å². The van der Waals surface area contributed by atoms with Gasteiger partial charge in [-0.25, -0.2) is 4.98 Å². The first-order valence-corrected chi connectivity index (χ1v) is 5.89. The Morgan fingerprint density at radius 2 is 1.84 bits per heavy atom. The maximum absolute atomic E-state index is 5.30. The third-order valence-corrected chi connectivity index (χ3v) is 2.37. The number of guanidine groups is 2. The Labute approximate surface area is 111 Å². The van der Waals surface area contributed by atoms with Gasteiger partial charge in [0, 0.05) is 30.9 Å². The number of nitrogens with two attached hydrogens (primary N) is 4. The fraction of sp³-hybridized carbons (Fsp3) is 0.500. The lowest BCUT2D eigenvalue weighted by Crippen LogP contribution is -2.38. The summed E-state index contributed by atoms with van der Waals surface area (Å²) in [6.07, 6.45) is 4.24. The minimum Gasteiger partial charge on any atom is -0.370 e. The van der Waals surface area contributed by atoms with Gasteiger partial charge in [0.25, 0.3) is 0 Å². The standard InChI is InChI=1S/C10H21N9/c11-9(12)17-4-8(5-18-10(13)14)16-2-1-7-3-15-6-19-7/h3,6,8,16H,1-2,4-5H2,(H,15,19)(H4,11,12,17)(H4,13,14,18). The largest absolute Gasteiger partial charge is 0.370 e. The zero-order chi connectivity index (χ0) is 14.1. The number of nitrogens with zero attached hydrogens (tertiary/aromatic N) is 3. The van der Waals surface area contributed by atoms with Gasteiger partial charge in [-0.05, 0) is 0 Å². The Hall–Kier alpha value is -2.29. The van der Waals surface area contributed by atoms with Gasteiger partial charge in [-0.1, -0.05) is 0 Å². The van der Waals surface area contributed by atoms with Crippen molar-refractivity contribution in [1.29, 1.82) is 0 Å².